The lowest BCUT2D eigenvalue weighted by Gasteiger charge is -2.17. The molecule has 0 aliphatic heterocycles. The summed E-state index contributed by atoms with van der Waals surface area (Å²) in [5.41, 5.74) is 10.4. The third kappa shape index (κ3) is 3.60. The third-order valence-corrected chi connectivity index (χ3v) is 4.70. The van der Waals surface area contributed by atoms with E-state index >= 15 is 0 Å². The van der Waals surface area contributed by atoms with Crippen LogP contribution in [0, 0.1) is 18.3 Å². The maximum atomic E-state index is 9.70. The molecule has 0 radical (unpaired) electrons. The van der Waals surface area contributed by atoms with Crippen molar-refractivity contribution >= 4 is 17.4 Å². The summed E-state index contributed by atoms with van der Waals surface area (Å²) in [6.45, 7) is 4.36. The van der Waals surface area contributed by atoms with Gasteiger partial charge >= 0.3 is 0 Å². The lowest BCUT2D eigenvalue weighted by Crippen LogP contribution is -2.03. The Balaban J connectivity index is 2.25. The number of ether oxygens (including phenoxy) is 2. The van der Waals surface area contributed by atoms with Gasteiger partial charge in [0, 0.05) is 16.1 Å². The predicted octanol–water partition coefficient (Wildman–Crippen LogP) is 5.24. The van der Waals surface area contributed by atoms with E-state index in [0.29, 0.717) is 34.4 Å². The number of rotatable bonds is 5. The van der Waals surface area contributed by atoms with Gasteiger partial charge < -0.3 is 15.2 Å². The second-order valence-electron chi connectivity index (χ2n) is 6.14. The highest BCUT2D eigenvalue weighted by molar-refractivity contribution is 6.30. The van der Waals surface area contributed by atoms with E-state index in [1.54, 1.807) is 19.2 Å². The first-order chi connectivity index (χ1) is 13.5. The topological polar surface area (TPSA) is 81.2 Å². The number of anilines is 1. The van der Waals surface area contributed by atoms with Gasteiger partial charge in [0.25, 0.3) is 0 Å². The smallest absolute Gasteiger partial charge is 0.161 e. The second-order valence-corrected chi connectivity index (χ2v) is 6.57. The lowest BCUT2D eigenvalue weighted by molar-refractivity contribution is 0.311. The van der Waals surface area contributed by atoms with Crippen molar-refractivity contribution in [3.63, 3.8) is 0 Å². The van der Waals surface area contributed by atoms with Crippen molar-refractivity contribution in [1.82, 2.24) is 4.98 Å². The van der Waals surface area contributed by atoms with Crippen LogP contribution in [0.2, 0.25) is 5.02 Å². The minimum atomic E-state index is 0.181. The van der Waals surface area contributed by atoms with Crippen LogP contribution in [-0.2, 0) is 0 Å². The molecule has 0 fully saturated rings. The van der Waals surface area contributed by atoms with Gasteiger partial charge in [0.2, 0.25) is 0 Å². The second kappa shape index (κ2) is 8.20. The van der Waals surface area contributed by atoms with Crippen LogP contribution < -0.4 is 15.2 Å². The summed E-state index contributed by atoms with van der Waals surface area (Å²) in [5, 5.41) is 10.3. The maximum absolute atomic E-state index is 9.70. The van der Waals surface area contributed by atoms with Crippen LogP contribution in [0.5, 0.6) is 11.5 Å². The number of hydrogen-bond acceptors (Lipinski definition) is 5. The van der Waals surface area contributed by atoms with Crippen LogP contribution in [0.15, 0.2) is 42.5 Å². The Kier molecular flexibility index (Phi) is 5.72. The molecule has 1 heterocycles. The summed E-state index contributed by atoms with van der Waals surface area (Å²) in [4.78, 5) is 4.48. The molecule has 0 aliphatic carbocycles. The molecule has 0 unspecified atom stereocenters. The van der Waals surface area contributed by atoms with Gasteiger partial charge in [-0.25, -0.2) is 4.98 Å². The fourth-order valence-corrected chi connectivity index (χ4v) is 3.28. The number of benzene rings is 2. The molecule has 5 nitrogen and oxygen atoms in total. The summed E-state index contributed by atoms with van der Waals surface area (Å²) >= 11 is 6.00. The molecule has 142 valence electrons. The summed E-state index contributed by atoms with van der Waals surface area (Å²) in [5.74, 6) is 1.41. The average Bonchev–Trinajstić information content (AvgIpc) is 2.70. The Labute approximate surface area is 169 Å². The Hall–Kier alpha value is -3.23. The van der Waals surface area contributed by atoms with E-state index in [1.165, 1.54) is 0 Å². The molecule has 0 saturated heterocycles. The molecule has 3 aromatic rings. The van der Waals surface area contributed by atoms with Crippen LogP contribution in [-0.4, -0.2) is 18.7 Å². The number of pyridine rings is 1. The van der Waals surface area contributed by atoms with Gasteiger partial charge in [-0.2, -0.15) is 5.26 Å². The lowest BCUT2D eigenvalue weighted by atomic mass is 9.92. The van der Waals surface area contributed by atoms with Crippen molar-refractivity contribution in [2.24, 2.45) is 0 Å². The number of halogens is 1. The number of nitrogen functional groups attached to an aromatic ring is 1. The van der Waals surface area contributed by atoms with E-state index < -0.39 is 0 Å². The van der Waals surface area contributed by atoms with Gasteiger partial charge in [-0.1, -0.05) is 29.8 Å². The molecule has 3 rings (SSSR count). The zero-order valence-corrected chi connectivity index (χ0v) is 16.7. The normalized spacial score (nSPS) is 10.4. The molecule has 0 atom stereocenters. The summed E-state index contributed by atoms with van der Waals surface area (Å²) in [7, 11) is 1.58. The standard InChI is InChI=1S/C22H20ClN3O2/c1-4-28-18-10-7-15(11-19(18)27-3)20-13(2)21(26-22(25)17(20)12-24)14-5-8-16(23)9-6-14/h5-11H,4H2,1-3H3,(H2,25,26). The Bertz CT molecular complexity index is 1060. The van der Waals surface area contributed by atoms with Crippen molar-refractivity contribution in [2.75, 3.05) is 19.5 Å². The average molecular weight is 394 g/mol. The van der Waals surface area contributed by atoms with Gasteiger partial charge in [-0.15, -0.1) is 0 Å². The van der Waals surface area contributed by atoms with Crippen LogP contribution in [0.1, 0.15) is 18.1 Å². The van der Waals surface area contributed by atoms with Crippen molar-refractivity contribution in [2.45, 2.75) is 13.8 Å². The Morgan fingerprint density at radius 2 is 1.79 bits per heavy atom. The van der Waals surface area contributed by atoms with E-state index in [9.17, 15) is 5.26 Å². The number of aromatic nitrogens is 1. The van der Waals surface area contributed by atoms with Crippen LogP contribution in [0.4, 0.5) is 5.82 Å². The molecule has 1 aromatic heterocycles. The van der Waals surface area contributed by atoms with E-state index in [2.05, 4.69) is 11.1 Å². The number of nitrogens with two attached hydrogens (primary N) is 1. The van der Waals surface area contributed by atoms with Crippen molar-refractivity contribution < 1.29 is 9.47 Å². The maximum Gasteiger partial charge on any atom is 0.161 e. The zero-order chi connectivity index (χ0) is 20.3. The molecular weight excluding hydrogens is 374 g/mol. The van der Waals surface area contributed by atoms with Gasteiger partial charge in [-0.05, 0) is 49.2 Å². The molecule has 0 bridgehead atoms. The minimum absolute atomic E-state index is 0.181. The summed E-state index contributed by atoms with van der Waals surface area (Å²) < 4.78 is 11.1. The van der Waals surface area contributed by atoms with Crippen molar-refractivity contribution in [1.29, 1.82) is 5.26 Å². The minimum Gasteiger partial charge on any atom is -0.493 e. The monoisotopic (exact) mass is 393 g/mol. The molecule has 2 N–H and O–H groups in total. The fraction of sp³-hybridized carbons (Fsp3) is 0.182. The molecule has 28 heavy (non-hydrogen) atoms. The number of nitrogens with zero attached hydrogens (tertiary/aromatic N) is 2. The number of nitriles is 1. The fourth-order valence-electron chi connectivity index (χ4n) is 3.15. The Morgan fingerprint density at radius 3 is 2.39 bits per heavy atom. The first-order valence-corrected chi connectivity index (χ1v) is 9.15. The quantitative estimate of drug-likeness (QED) is 0.641. The third-order valence-electron chi connectivity index (χ3n) is 4.45. The zero-order valence-electron chi connectivity index (χ0n) is 15.9. The van der Waals surface area contributed by atoms with Gasteiger partial charge in [0.05, 0.1) is 19.4 Å². The highest BCUT2D eigenvalue weighted by Gasteiger charge is 2.19. The van der Waals surface area contributed by atoms with E-state index in [1.807, 2.05) is 44.2 Å². The van der Waals surface area contributed by atoms with Gasteiger partial charge in [-0.3, -0.25) is 0 Å². The van der Waals surface area contributed by atoms with E-state index in [0.717, 1.165) is 22.3 Å². The predicted molar refractivity (Wildman–Crippen MR) is 112 cm³/mol. The van der Waals surface area contributed by atoms with E-state index in [4.69, 9.17) is 26.8 Å². The van der Waals surface area contributed by atoms with Crippen LogP contribution in [0.3, 0.4) is 0 Å². The Morgan fingerprint density at radius 1 is 1.11 bits per heavy atom. The highest BCUT2D eigenvalue weighted by atomic mass is 35.5. The van der Waals surface area contributed by atoms with Crippen molar-refractivity contribution in [3.05, 3.63) is 58.6 Å². The van der Waals surface area contributed by atoms with Gasteiger partial charge in [0.1, 0.15) is 17.5 Å². The highest BCUT2D eigenvalue weighted by Crippen LogP contribution is 2.39. The molecule has 0 saturated carbocycles. The van der Waals surface area contributed by atoms with Crippen molar-refractivity contribution in [3.8, 4) is 40.0 Å². The molecule has 6 heteroatoms. The molecular formula is C22H20ClN3O2. The molecule has 0 spiro atoms. The first kappa shape index (κ1) is 19.5. The summed E-state index contributed by atoms with van der Waals surface area (Å²) in [6, 6.07) is 15.1. The summed E-state index contributed by atoms with van der Waals surface area (Å²) in [6.07, 6.45) is 0. The SMILES string of the molecule is CCOc1ccc(-c2c(C)c(-c3ccc(Cl)cc3)nc(N)c2C#N)cc1OC. The van der Waals surface area contributed by atoms with Crippen LogP contribution >= 0.6 is 11.6 Å². The molecule has 0 amide bonds. The van der Waals surface area contributed by atoms with Crippen LogP contribution in [0.25, 0.3) is 22.4 Å². The first-order valence-electron chi connectivity index (χ1n) is 8.77. The largest absolute Gasteiger partial charge is 0.493 e. The van der Waals surface area contributed by atoms with E-state index in [-0.39, 0.29) is 5.82 Å². The number of hydrogen-bond donors (Lipinski definition) is 1. The number of methoxy groups -OCH3 is 1. The molecule has 2 aromatic carbocycles. The van der Waals surface area contributed by atoms with Gasteiger partial charge in [0.15, 0.2) is 11.5 Å². The molecule has 0 aliphatic rings.